The highest BCUT2D eigenvalue weighted by Gasteiger charge is 2.37. The number of hydrogen-bond donors (Lipinski definition) is 2. The number of likely N-dealkylation sites (tertiary alicyclic amines) is 1. The third-order valence-corrected chi connectivity index (χ3v) is 5.65. The number of nitrogens with zero attached hydrogens (tertiary/aromatic N) is 1. The second-order valence-corrected chi connectivity index (χ2v) is 7.77. The lowest BCUT2D eigenvalue weighted by molar-refractivity contribution is -0.143. The van der Waals surface area contributed by atoms with Gasteiger partial charge in [-0.05, 0) is 56.7 Å². The lowest BCUT2D eigenvalue weighted by Gasteiger charge is -2.36. The van der Waals surface area contributed by atoms with Gasteiger partial charge < -0.3 is 16.0 Å². The first-order chi connectivity index (χ1) is 12.0. The van der Waals surface area contributed by atoms with E-state index in [1.807, 2.05) is 0 Å². The number of hydrogen-bond acceptors (Lipinski definition) is 3. The van der Waals surface area contributed by atoms with Gasteiger partial charge >= 0.3 is 0 Å². The van der Waals surface area contributed by atoms with Crippen molar-refractivity contribution < 1.29 is 9.59 Å². The average molecular weight is 384 g/mol. The molecule has 136 valence electrons. The van der Waals surface area contributed by atoms with E-state index < -0.39 is 6.04 Å². The molecule has 1 aromatic rings. The van der Waals surface area contributed by atoms with Crippen molar-refractivity contribution in [1.82, 2.24) is 4.90 Å². The first kappa shape index (κ1) is 18.5. The summed E-state index contributed by atoms with van der Waals surface area (Å²) in [4.78, 5) is 27.4. The number of anilines is 1. The molecule has 7 heteroatoms. The minimum absolute atomic E-state index is 0.0532. The SMILES string of the molecule is NC1CCC(C(=O)N2CCCCC2C(=O)Nc2ccc(Cl)cc2Cl)C1. The van der Waals surface area contributed by atoms with Crippen molar-refractivity contribution in [2.75, 3.05) is 11.9 Å². The van der Waals surface area contributed by atoms with Gasteiger partial charge in [0.2, 0.25) is 11.8 Å². The molecule has 3 unspecified atom stereocenters. The Hall–Kier alpha value is -1.30. The van der Waals surface area contributed by atoms with Crippen LogP contribution < -0.4 is 11.1 Å². The molecule has 1 saturated heterocycles. The van der Waals surface area contributed by atoms with Crippen LogP contribution in [0, 0.1) is 5.92 Å². The number of nitrogens with one attached hydrogen (secondary N) is 1. The van der Waals surface area contributed by atoms with Crippen molar-refractivity contribution in [3.63, 3.8) is 0 Å². The fourth-order valence-electron chi connectivity index (χ4n) is 3.75. The maximum atomic E-state index is 12.9. The van der Waals surface area contributed by atoms with Crippen molar-refractivity contribution >= 4 is 40.7 Å². The van der Waals surface area contributed by atoms with Crippen molar-refractivity contribution in [2.24, 2.45) is 11.7 Å². The van der Waals surface area contributed by atoms with Crippen molar-refractivity contribution in [3.8, 4) is 0 Å². The molecule has 0 spiro atoms. The number of halogens is 2. The first-order valence-electron chi connectivity index (χ1n) is 8.77. The number of amides is 2. The number of benzene rings is 1. The van der Waals surface area contributed by atoms with Gasteiger partial charge in [-0.15, -0.1) is 0 Å². The monoisotopic (exact) mass is 383 g/mol. The summed E-state index contributed by atoms with van der Waals surface area (Å²) in [5, 5.41) is 3.74. The zero-order valence-electron chi connectivity index (χ0n) is 14.0. The van der Waals surface area contributed by atoms with E-state index in [2.05, 4.69) is 5.32 Å². The molecule has 1 aromatic carbocycles. The van der Waals surface area contributed by atoms with Crippen molar-refractivity contribution in [3.05, 3.63) is 28.2 Å². The zero-order chi connectivity index (χ0) is 18.0. The predicted octanol–water partition coefficient (Wildman–Crippen LogP) is 3.44. The van der Waals surface area contributed by atoms with Gasteiger partial charge in [0.15, 0.2) is 0 Å². The molecule has 0 bridgehead atoms. The summed E-state index contributed by atoms with van der Waals surface area (Å²) >= 11 is 12.0. The zero-order valence-corrected chi connectivity index (χ0v) is 15.5. The lowest BCUT2D eigenvalue weighted by atomic mass is 9.97. The van der Waals surface area contributed by atoms with Crippen molar-refractivity contribution in [2.45, 2.75) is 50.6 Å². The molecule has 2 aliphatic rings. The quantitative estimate of drug-likeness (QED) is 0.838. The largest absolute Gasteiger partial charge is 0.330 e. The van der Waals surface area contributed by atoms with E-state index in [4.69, 9.17) is 28.9 Å². The van der Waals surface area contributed by atoms with Crippen LogP contribution in [-0.2, 0) is 9.59 Å². The van der Waals surface area contributed by atoms with Crippen LogP contribution >= 0.6 is 23.2 Å². The van der Waals surface area contributed by atoms with Crippen LogP contribution in [0.4, 0.5) is 5.69 Å². The normalized spacial score (nSPS) is 26.5. The lowest BCUT2D eigenvalue weighted by Crippen LogP contribution is -2.51. The summed E-state index contributed by atoms with van der Waals surface area (Å²) in [7, 11) is 0. The Labute approximate surface area is 157 Å². The molecule has 1 saturated carbocycles. The Balaban J connectivity index is 1.71. The number of carbonyl (C=O) groups is 2. The fourth-order valence-corrected chi connectivity index (χ4v) is 4.21. The summed E-state index contributed by atoms with van der Waals surface area (Å²) in [6.07, 6.45) is 4.93. The third-order valence-electron chi connectivity index (χ3n) is 5.10. The summed E-state index contributed by atoms with van der Waals surface area (Å²) in [6, 6.07) is 4.58. The molecule has 3 atom stereocenters. The van der Waals surface area contributed by atoms with E-state index in [0.717, 1.165) is 25.7 Å². The van der Waals surface area contributed by atoms with Crippen LogP contribution in [0.1, 0.15) is 38.5 Å². The molecule has 1 heterocycles. The Morgan fingerprint density at radius 2 is 1.96 bits per heavy atom. The van der Waals surface area contributed by atoms with Gasteiger partial charge in [-0.2, -0.15) is 0 Å². The molecule has 0 radical (unpaired) electrons. The molecule has 3 N–H and O–H groups in total. The van der Waals surface area contributed by atoms with Crippen molar-refractivity contribution in [1.29, 1.82) is 0 Å². The topological polar surface area (TPSA) is 75.4 Å². The molecule has 1 aliphatic carbocycles. The van der Waals surface area contributed by atoms with Gasteiger partial charge in [0.25, 0.3) is 0 Å². The smallest absolute Gasteiger partial charge is 0.247 e. The van der Waals surface area contributed by atoms with Gasteiger partial charge in [0.05, 0.1) is 10.7 Å². The van der Waals surface area contributed by atoms with Gasteiger partial charge in [0.1, 0.15) is 6.04 Å². The molecular formula is C18H23Cl2N3O2. The van der Waals surface area contributed by atoms with Gasteiger partial charge in [0, 0.05) is 23.5 Å². The Kier molecular flexibility index (Phi) is 5.87. The molecule has 3 rings (SSSR count). The van der Waals surface area contributed by atoms with E-state index in [0.29, 0.717) is 35.1 Å². The minimum Gasteiger partial charge on any atom is -0.330 e. The first-order valence-corrected chi connectivity index (χ1v) is 9.53. The molecule has 0 aromatic heterocycles. The van der Waals surface area contributed by atoms with E-state index in [-0.39, 0.29) is 23.8 Å². The minimum atomic E-state index is -0.454. The van der Waals surface area contributed by atoms with E-state index in [1.54, 1.807) is 23.1 Å². The molecule has 5 nitrogen and oxygen atoms in total. The third kappa shape index (κ3) is 4.27. The maximum Gasteiger partial charge on any atom is 0.247 e. The highest BCUT2D eigenvalue weighted by atomic mass is 35.5. The van der Waals surface area contributed by atoms with Crippen LogP contribution in [0.25, 0.3) is 0 Å². The van der Waals surface area contributed by atoms with Gasteiger partial charge in [-0.25, -0.2) is 0 Å². The standard InChI is InChI=1S/C18H23Cl2N3O2/c19-12-5-7-15(14(20)10-12)22-17(24)16-3-1-2-8-23(16)18(25)11-4-6-13(21)9-11/h5,7,10-11,13,16H,1-4,6,8-9,21H2,(H,22,24). The van der Waals surface area contributed by atoms with Gasteiger partial charge in [-0.1, -0.05) is 23.2 Å². The Morgan fingerprint density at radius 3 is 2.64 bits per heavy atom. The number of carbonyl (C=O) groups excluding carboxylic acids is 2. The second kappa shape index (κ2) is 7.94. The van der Waals surface area contributed by atoms with Crippen LogP contribution in [0.2, 0.25) is 10.0 Å². The highest BCUT2D eigenvalue weighted by Crippen LogP contribution is 2.30. The summed E-state index contributed by atoms with van der Waals surface area (Å²) in [6.45, 7) is 0.622. The number of rotatable bonds is 3. The highest BCUT2D eigenvalue weighted by molar-refractivity contribution is 6.36. The van der Waals surface area contributed by atoms with Crippen LogP contribution in [0.3, 0.4) is 0 Å². The molecule has 25 heavy (non-hydrogen) atoms. The van der Waals surface area contributed by atoms with E-state index in [1.165, 1.54) is 0 Å². The van der Waals surface area contributed by atoms with Crippen LogP contribution in [-0.4, -0.2) is 35.3 Å². The number of piperidine rings is 1. The predicted molar refractivity (Wildman–Crippen MR) is 99.8 cm³/mol. The molecule has 2 amide bonds. The van der Waals surface area contributed by atoms with E-state index in [9.17, 15) is 9.59 Å². The van der Waals surface area contributed by atoms with Gasteiger partial charge in [-0.3, -0.25) is 9.59 Å². The maximum absolute atomic E-state index is 12.9. The van der Waals surface area contributed by atoms with Crippen LogP contribution in [0.5, 0.6) is 0 Å². The van der Waals surface area contributed by atoms with Crippen LogP contribution in [0.15, 0.2) is 18.2 Å². The second-order valence-electron chi connectivity index (χ2n) is 6.93. The molecule has 1 aliphatic heterocycles. The summed E-state index contributed by atoms with van der Waals surface area (Å²) in [5.41, 5.74) is 6.45. The fraction of sp³-hybridized carbons (Fsp3) is 0.556. The summed E-state index contributed by atoms with van der Waals surface area (Å²) in [5.74, 6) is -0.183. The Bertz CT molecular complexity index is 668. The summed E-state index contributed by atoms with van der Waals surface area (Å²) < 4.78 is 0. The molecule has 2 fully saturated rings. The average Bonchev–Trinajstić information content (AvgIpc) is 3.03. The Morgan fingerprint density at radius 1 is 1.16 bits per heavy atom. The van der Waals surface area contributed by atoms with E-state index >= 15 is 0 Å². The molecular weight excluding hydrogens is 361 g/mol. The number of nitrogens with two attached hydrogens (primary N) is 1.